The zero-order valence-electron chi connectivity index (χ0n) is 14.3. The molecule has 2 aromatic carbocycles. The molecule has 3 rings (SSSR count). The number of rotatable bonds is 4. The number of terminal acetylenes is 1. The molecule has 1 aliphatic rings. The Morgan fingerprint density at radius 1 is 1.23 bits per heavy atom. The molecule has 0 radical (unpaired) electrons. The zero-order chi connectivity index (χ0) is 18.5. The molecule has 1 N–H and O–H groups in total. The van der Waals surface area contributed by atoms with Crippen molar-refractivity contribution in [3.8, 4) is 23.8 Å². The highest BCUT2D eigenvalue weighted by Crippen LogP contribution is 2.31. The van der Waals surface area contributed by atoms with Crippen LogP contribution in [0.5, 0.6) is 11.5 Å². The molecule has 0 aliphatic carbocycles. The summed E-state index contributed by atoms with van der Waals surface area (Å²) in [6, 6.07) is 14.1. The smallest absolute Gasteiger partial charge is 0.267 e. The van der Waals surface area contributed by atoms with Gasteiger partial charge in [-0.05, 0) is 30.3 Å². The minimum Gasteiger partial charge on any atom is -0.485 e. The number of carbonyl (C=O) groups is 2. The fourth-order valence-corrected chi connectivity index (χ4v) is 2.57. The summed E-state index contributed by atoms with van der Waals surface area (Å²) in [5.41, 5.74) is 1.25. The van der Waals surface area contributed by atoms with Gasteiger partial charge in [0.05, 0.1) is 6.54 Å². The Hall–Kier alpha value is -3.46. The number of likely N-dealkylation sites (N-methyl/N-ethyl adjacent to an activating group) is 1. The summed E-state index contributed by atoms with van der Waals surface area (Å²) in [7, 11) is 1.55. The number of nitrogens with zero attached hydrogens (tertiary/aromatic N) is 1. The van der Waals surface area contributed by atoms with Crippen LogP contribution in [0.3, 0.4) is 0 Å². The molecule has 26 heavy (non-hydrogen) atoms. The number of ether oxygens (including phenoxy) is 2. The fraction of sp³-hybridized carbons (Fsp3) is 0.200. The lowest BCUT2D eigenvalue weighted by Gasteiger charge is -2.28. The Labute approximate surface area is 151 Å². The number of hydrogen-bond donors (Lipinski definition) is 1. The fourth-order valence-electron chi connectivity index (χ4n) is 2.57. The van der Waals surface area contributed by atoms with Crippen molar-refractivity contribution >= 4 is 17.5 Å². The first-order chi connectivity index (χ1) is 12.6. The van der Waals surface area contributed by atoms with Crippen molar-refractivity contribution in [3.05, 3.63) is 54.1 Å². The van der Waals surface area contributed by atoms with Crippen LogP contribution in [-0.2, 0) is 9.59 Å². The first-order valence-electron chi connectivity index (χ1n) is 8.07. The second kappa shape index (κ2) is 7.62. The van der Waals surface area contributed by atoms with Crippen LogP contribution in [0, 0.1) is 12.3 Å². The van der Waals surface area contributed by atoms with Crippen molar-refractivity contribution in [2.24, 2.45) is 0 Å². The number of amides is 2. The summed E-state index contributed by atoms with van der Waals surface area (Å²) >= 11 is 0. The second-order valence-electron chi connectivity index (χ2n) is 5.83. The average molecular weight is 350 g/mol. The van der Waals surface area contributed by atoms with Crippen LogP contribution < -0.4 is 14.8 Å². The Balaban J connectivity index is 1.57. The lowest BCUT2D eigenvalue weighted by molar-refractivity contribution is -0.141. The third-order valence-corrected chi connectivity index (χ3v) is 3.85. The molecule has 0 saturated carbocycles. The number of benzene rings is 2. The van der Waals surface area contributed by atoms with Gasteiger partial charge in [0.25, 0.3) is 5.91 Å². The number of fused-ring (bicyclic) bond motifs is 1. The number of nitrogens with one attached hydrogen (secondary N) is 1. The van der Waals surface area contributed by atoms with Crippen molar-refractivity contribution < 1.29 is 19.1 Å². The Kier molecular flexibility index (Phi) is 5.09. The molecule has 1 atom stereocenters. The number of carbonyl (C=O) groups excluding carboxylic acids is 2. The maximum Gasteiger partial charge on any atom is 0.267 e. The van der Waals surface area contributed by atoms with Gasteiger partial charge in [-0.15, -0.1) is 6.42 Å². The molecule has 6 heteroatoms. The summed E-state index contributed by atoms with van der Waals surface area (Å²) in [5, 5.41) is 2.72. The van der Waals surface area contributed by atoms with E-state index in [1.807, 2.05) is 6.07 Å². The molecule has 2 amide bonds. The van der Waals surface area contributed by atoms with Gasteiger partial charge in [-0.25, -0.2) is 0 Å². The van der Waals surface area contributed by atoms with Gasteiger partial charge in [-0.1, -0.05) is 24.1 Å². The lowest BCUT2D eigenvalue weighted by Crippen LogP contribution is -2.47. The Morgan fingerprint density at radius 3 is 2.77 bits per heavy atom. The molecule has 0 unspecified atom stereocenters. The SMILES string of the molecule is C#Cc1cccc(NC(=O)CN(C)C(=O)[C@H]2COc3ccccc3O2)c1. The van der Waals surface area contributed by atoms with Crippen LogP contribution in [-0.4, -0.2) is 43.0 Å². The van der Waals surface area contributed by atoms with Gasteiger partial charge in [0.2, 0.25) is 12.0 Å². The van der Waals surface area contributed by atoms with Gasteiger partial charge in [0.15, 0.2) is 11.5 Å². The van der Waals surface area contributed by atoms with Crippen molar-refractivity contribution in [3.63, 3.8) is 0 Å². The molecule has 1 heterocycles. The van der Waals surface area contributed by atoms with Crippen molar-refractivity contribution in [1.82, 2.24) is 4.90 Å². The van der Waals surface area contributed by atoms with E-state index in [4.69, 9.17) is 15.9 Å². The van der Waals surface area contributed by atoms with E-state index < -0.39 is 6.10 Å². The third kappa shape index (κ3) is 3.95. The number of hydrogen-bond acceptors (Lipinski definition) is 4. The summed E-state index contributed by atoms with van der Waals surface area (Å²) in [4.78, 5) is 26.0. The molecular formula is C20H18N2O4. The molecule has 2 aromatic rings. The van der Waals surface area contributed by atoms with E-state index in [2.05, 4.69) is 11.2 Å². The van der Waals surface area contributed by atoms with Gasteiger partial charge in [-0.3, -0.25) is 9.59 Å². The summed E-state index contributed by atoms with van der Waals surface area (Å²) in [6.07, 6.45) is 4.56. The highest BCUT2D eigenvalue weighted by molar-refractivity contribution is 5.95. The Morgan fingerprint density at radius 2 is 2.00 bits per heavy atom. The molecule has 0 spiro atoms. The topological polar surface area (TPSA) is 67.9 Å². The van der Waals surface area contributed by atoms with E-state index in [0.717, 1.165) is 0 Å². The predicted octanol–water partition coefficient (Wildman–Crippen LogP) is 1.90. The van der Waals surface area contributed by atoms with Crippen molar-refractivity contribution in [2.45, 2.75) is 6.10 Å². The van der Waals surface area contributed by atoms with Crippen LogP contribution in [0.25, 0.3) is 0 Å². The lowest BCUT2D eigenvalue weighted by atomic mass is 10.2. The van der Waals surface area contributed by atoms with Crippen LogP contribution in [0.15, 0.2) is 48.5 Å². The molecule has 6 nitrogen and oxygen atoms in total. The van der Waals surface area contributed by atoms with Gasteiger partial charge >= 0.3 is 0 Å². The van der Waals surface area contributed by atoms with Crippen LogP contribution in [0.1, 0.15) is 5.56 Å². The molecule has 0 aromatic heterocycles. The monoisotopic (exact) mass is 350 g/mol. The largest absolute Gasteiger partial charge is 0.485 e. The molecule has 1 aliphatic heterocycles. The summed E-state index contributed by atoms with van der Waals surface area (Å²) < 4.78 is 11.2. The quantitative estimate of drug-likeness (QED) is 0.856. The van der Waals surface area contributed by atoms with Gasteiger partial charge in [-0.2, -0.15) is 0 Å². The van der Waals surface area contributed by atoms with E-state index in [0.29, 0.717) is 22.7 Å². The molecule has 0 bridgehead atoms. The van der Waals surface area contributed by atoms with E-state index in [9.17, 15) is 9.59 Å². The van der Waals surface area contributed by atoms with Gasteiger partial charge in [0, 0.05) is 18.3 Å². The first kappa shape index (κ1) is 17.4. The maximum atomic E-state index is 12.5. The minimum atomic E-state index is -0.785. The minimum absolute atomic E-state index is 0.103. The highest BCUT2D eigenvalue weighted by atomic mass is 16.6. The van der Waals surface area contributed by atoms with Crippen molar-refractivity contribution in [1.29, 1.82) is 0 Å². The van der Waals surface area contributed by atoms with Gasteiger partial charge < -0.3 is 19.7 Å². The second-order valence-corrected chi connectivity index (χ2v) is 5.83. The third-order valence-electron chi connectivity index (χ3n) is 3.85. The zero-order valence-corrected chi connectivity index (χ0v) is 14.3. The van der Waals surface area contributed by atoms with Crippen LogP contribution >= 0.6 is 0 Å². The average Bonchev–Trinajstić information content (AvgIpc) is 2.67. The highest BCUT2D eigenvalue weighted by Gasteiger charge is 2.30. The van der Waals surface area contributed by atoms with E-state index >= 15 is 0 Å². The van der Waals surface area contributed by atoms with Crippen molar-refractivity contribution in [2.75, 3.05) is 25.5 Å². The standard InChI is InChI=1S/C20H18N2O4/c1-3-14-7-6-8-15(11-14)21-19(23)12-22(2)20(24)18-13-25-16-9-4-5-10-17(16)26-18/h1,4-11,18H,12-13H2,2H3,(H,21,23)/t18-/m1/s1. The molecule has 132 valence electrons. The Bertz CT molecular complexity index is 872. The van der Waals surface area contributed by atoms with E-state index in [-0.39, 0.29) is 25.0 Å². The first-order valence-corrected chi connectivity index (χ1v) is 8.07. The van der Waals surface area contributed by atoms with E-state index in [1.165, 1.54) is 4.90 Å². The molecule has 0 fully saturated rings. The van der Waals surface area contributed by atoms with Crippen LogP contribution in [0.4, 0.5) is 5.69 Å². The van der Waals surface area contributed by atoms with Crippen LogP contribution in [0.2, 0.25) is 0 Å². The molecule has 0 saturated heterocycles. The normalized spacial score (nSPS) is 14.8. The maximum absolute atomic E-state index is 12.5. The van der Waals surface area contributed by atoms with E-state index in [1.54, 1.807) is 49.5 Å². The number of para-hydroxylation sites is 2. The predicted molar refractivity (Wildman–Crippen MR) is 97.0 cm³/mol. The molecular weight excluding hydrogens is 332 g/mol. The summed E-state index contributed by atoms with van der Waals surface area (Å²) in [5.74, 6) is 2.97. The van der Waals surface area contributed by atoms with Gasteiger partial charge in [0.1, 0.15) is 6.61 Å². The summed E-state index contributed by atoms with van der Waals surface area (Å²) in [6.45, 7) is -0.00730. The number of anilines is 1.